The smallest absolute Gasteiger partial charge is 0.494 e. The minimum atomic E-state index is -4.83. The molecule has 0 aromatic heterocycles. The van der Waals surface area contributed by atoms with Crippen LogP contribution in [0.25, 0.3) is 0 Å². The Morgan fingerprint density at radius 3 is 2.18 bits per heavy atom. The summed E-state index contributed by atoms with van der Waals surface area (Å²) in [6.07, 6.45) is -5.10. The van der Waals surface area contributed by atoms with Gasteiger partial charge in [-0.2, -0.15) is 0 Å². The van der Waals surface area contributed by atoms with Crippen LogP contribution in [0, 0.1) is 5.82 Å². The van der Waals surface area contributed by atoms with Gasteiger partial charge in [-0.3, -0.25) is 14.5 Å². The number of benzene rings is 3. The first-order valence-corrected chi connectivity index (χ1v) is 12.2. The van der Waals surface area contributed by atoms with E-state index in [2.05, 4.69) is 10.1 Å². The molecule has 0 spiro atoms. The summed E-state index contributed by atoms with van der Waals surface area (Å²) in [5.41, 5.74) is 1.34. The van der Waals surface area contributed by atoms with E-state index in [9.17, 15) is 27.2 Å². The summed E-state index contributed by atoms with van der Waals surface area (Å²) in [6.45, 7) is 2.37. The average molecular weight is 562 g/mol. The second-order valence-corrected chi connectivity index (χ2v) is 8.84. The van der Waals surface area contributed by atoms with Crippen molar-refractivity contribution >= 4 is 40.5 Å². The Bertz CT molecular complexity index is 1330. The van der Waals surface area contributed by atoms with Crippen LogP contribution in [-0.2, 0) is 16.1 Å². The Kier molecular flexibility index (Phi) is 8.34. The van der Waals surface area contributed by atoms with Gasteiger partial charge >= 0.3 is 6.36 Å². The highest BCUT2D eigenvalue weighted by molar-refractivity contribution is 7.80. The molecule has 204 valence electrons. The zero-order valence-corrected chi connectivity index (χ0v) is 21.4. The minimum absolute atomic E-state index is 0.0234. The van der Waals surface area contributed by atoms with E-state index in [1.54, 1.807) is 24.3 Å². The number of halogens is 4. The van der Waals surface area contributed by atoms with E-state index in [1.807, 2.05) is 6.92 Å². The van der Waals surface area contributed by atoms with Crippen molar-refractivity contribution in [2.75, 3.05) is 16.8 Å². The highest BCUT2D eigenvalue weighted by atomic mass is 32.1. The lowest BCUT2D eigenvalue weighted by Gasteiger charge is -2.24. The Hall–Kier alpha value is -4.19. The van der Waals surface area contributed by atoms with Gasteiger partial charge in [0.1, 0.15) is 23.4 Å². The van der Waals surface area contributed by atoms with Crippen LogP contribution in [0.5, 0.6) is 11.5 Å². The maximum absolute atomic E-state index is 13.5. The molecule has 12 heteroatoms. The molecule has 0 aliphatic carbocycles. The van der Waals surface area contributed by atoms with Crippen LogP contribution in [0.2, 0.25) is 0 Å². The van der Waals surface area contributed by atoms with Crippen LogP contribution in [-0.4, -0.2) is 40.8 Å². The molecule has 1 aliphatic heterocycles. The highest BCUT2D eigenvalue weighted by Crippen LogP contribution is 2.30. The van der Waals surface area contributed by atoms with Crippen LogP contribution in [0.3, 0.4) is 0 Å². The van der Waals surface area contributed by atoms with Crippen molar-refractivity contribution in [2.24, 2.45) is 0 Å². The molecule has 3 aromatic rings. The molecule has 1 heterocycles. The van der Waals surface area contributed by atoms with E-state index in [0.29, 0.717) is 29.3 Å². The van der Waals surface area contributed by atoms with Gasteiger partial charge in [0.2, 0.25) is 5.91 Å². The number of nitrogens with zero attached hydrogens (tertiary/aromatic N) is 2. The quantitative estimate of drug-likeness (QED) is 0.269. The fourth-order valence-corrected chi connectivity index (χ4v) is 4.41. The summed E-state index contributed by atoms with van der Waals surface area (Å²) in [5, 5.41) is 2.81. The van der Waals surface area contributed by atoms with E-state index >= 15 is 0 Å². The molecule has 1 N–H and O–H groups in total. The van der Waals surface area contributed by atoms with Crippen molar-refractivity contribution in [3.8, 4) is 11.5 Å². The molecule has 1 atom stereocenters. The Morgan fingerprint density at radius 1 is 0.974 bits per heavy atom. The molecular weight excluding hydrogens is 538 g/mol. The monoisotopic (exact) mass is 561 g/mol. The second kappa shape index (κ2) is 11.7. The predicted molar refractivity (Wildman–Crippen MR) is 140 cm³/mol. The number of carbonyl (C=O) groups excluding carboxylic acids is 2. The number of alkyl halides is 3. The van der Waals surface area contributed by atoms with Gasteiger partial charge in [0, 0.05) is 12.2 Å². The first-order valence-electron chi connectivity index (χ1n) is 11.8. The van der Waals surface area contributed by atoms with E-state index < -0.39 is 35.8 Å². The van der Waals surface area contributed by atoms with Crippen LogP contribution >= 0.6 is 12.2 Å². The summed E-state index contributed by atoms with van der Waals surface area (Å²) in [5.74, 6) is -1.21. The number of carbonyl (C=O) groups is 2. The third-order valence-electron chi connectivity index (χ3n) is 5.74. The number of amides is 2. The van der Waals surface area contributed by atoms with Gasteiger partial charge in [-0.25, -0.2) is 4.39 Å². The van der Waals surface area contributed by atoms with Crippen LogP contribution < -0.4 is 19.7 Å². The van der Waals surface area contributed by atoms with Crippen molar-refractivity contribution in [2.45, 2.75) is 32.3 Å². The maximum atomic E-state index is 13.5. The van der Waals surface area contributed by atoms with Crippen molar-refractivity contribution in [1.82, 2.24) is 4.90 Å². The van der Waals surface area contributed by atoms with Crippen LogP contribution in [0.1, 0.15) is 18.9 Å². The number of anilines is 2. The molecule has 1 aliphatic rings. The fourth-order valence-electron chi connectivity index (χ4n) is 4.02. The van der Waals surface area contributed by atoms with Crippen molar-refractivity contribution < 1.29 is 36.6 Å². The van der Waals surface area contributed by atoms with Crippen LogP contribution in [0.15, 0.2) is 72.8 Å². The average Bonchev–Trinajstić information content (AvgIpc) is 3.10. The molecule has 0 unspecified atom stereocenters. The van der Waals surface area contributed by atoms with Gasteiger partial charge < -0.3 is 19.7 Å². The summed E-state index contributed by atoms with van der Waals surface area (Å²) >= 11 is 5.57. The van der Waals surface area contributed by atoms with E-state index in [1.165, 1.54) is 46.2 Å². The van der Waals surface area contributed by atoms with E-state index in [4.69, 9.17) is 17.0 Å². The van der Waals surface area contributed by atoms with Gasteiger partial charge in [0.05, 0.1) is 18.7 Å². The molecule has 7 nitrogen and oxygen atoms in total. The van der Waals surface area contributed by atoms with Crippen LogP contribution in [0.4, 0.5) is 28.9 Å². The van der Waals surface area contributed by atoms with Crippen molar-refractivity contribution in [3.63, 3.8) is 0 Å². The number of nitrogens with one attached hydrogen (secondary N) is 1. The van der Waals surface area contributed by atoms with Crippen molar-refractivity contribution in [1.29, 1.82) is 0 Å². The molecule has 0 bridgehead atoms. The maximum Gasteiger partial charge on any atom is 0.573 e. The van der Waals surface area contributed by atoms with Gasteiger partial charge in [-0.1, -0.05) is 12.1 Å². The predicted octanol–water partition coefficient (Wildman–Crippen LogP) is 5.65. The zero-order valence-electron chi connectivity index (χ0n) is 20.6. The van der Waals surface area contributed by atoms with Crippen molar-refractivity contribution in [3.05, 3.63) is 84.2 Å². The lowest BCUT2D eigenvalue weighted by Crippen LogP contribution is -2.37. The normalized spacial score (nSPS) is 15.5. The van der Waals surface area contributed by atoms with Gasteiger partial charge in [-0.15, -0.1) is 13.2 Å². The summed E-state index contributed by atoms with van der Waals surface area (Å²) in [4.78, 5) is 29.1. The third-order valence-corrected chi connectivity index (χ3v) is 6.16. The largest absolute Gasteiger partial charge is 0.573 e. The number of rotatable bonds is 9. The Morgan fingerprint density at radius 2 is 1.59 bits per heavy atom. The molecule has 0 saturated carbocycles. The molecular formula is C27H23F4N3O4S. The molecule has 3 aromatic carbocycles. The molecule has 0 radical (unpaired) electrons. The SMILES string of the molecule is CCOc1ccc(NC(=O)C[C@@H]2C(=O)N(c3ccc(F)cc3)C(=S)N2Cc2ccc(OC(F)(F)F)cc2)cc1. The number of hydrogen-bond acceptors (Lipinski definition) is 5. The van der Waals surface area contributed by atoms with E-state index in [0.717, 1.165) is 12.1 Å². The van der Waals surface area contributed by atoms with E-state index in [-0.39, 0.29) is 18.1 Å². The first-order chi connectivity index (χ1) is 18.5. The lowest BCUT2D eigenvalue weighted by atomic mass is 10.1. The molecule has 1 fully saturated rings. The molecule has 39 heavy (non-hydrogen) atoms. The van der Waals surface area contributed by atoms with Gasteiger partial charge in [0.25, 0.3) is 5.91 Å². The first kappa shape index (κ1) is 27.8. The number of hydrogen-bond donors (Lipinski definition) is 1. The van der Waals surface area contributed by atoms with Gasteiger partial charge in [0.15, 0.2) is 5.11 Å². The van der Waals surface area contributed by atoms with Gasteiger partial charge in [-0.05, 0) is 85.4 Å². The Balaban J connectivity index is 1.55. The third kappa shape index (κ3) is 7.02. The minimum Gasteiger partial charge on any atom is -0.494 e. The fraction of sp³-hybridized carbons (Fsp3) is 0.222. The summed E-state index contributed by atoms with van der Waals surface area (Å²) in [6, 6.07) is 16.0. The topological polar surface area (TPSA) is 71.1 Å². The standard InChI is InChI=1S/C27H23F4N3O4S/c1-2-37-21-13-7-19(8-14-21)32-24(35)15-23-25(36)34(20-9-5-18(28)6-10-20)26(39)33(23)16-17-3-11-22(12-4-17)38-27(29,30)31/h3-14,23H,2,15-16H2,1H3,(H,32,35)/t23-/m1/s1. The summed E-state index contributed by atoms with van der Waals surface area (Å²) in [7, 11) is 0. The highest BCUT2D eigenvalue weighted by Gasteiger charge is 2.44. The molecule has 1 saturated heterocycles. The second-order valence-electron chi connectivity index (χ2n) is 8.48. The molecule has 2 amide bonds. The number of thiocarbonyl (C=S) groups is 1. The lowest BCUT2D eigenvalue weighted by molar-refractivity contribution is -0.274. The zero-order chi connectivity index (χ0) is 28.2. The molecule has 4 rings (SSSR count). The summed E-state index contributed by atoms with van der Waals surface area (Å²) < 4.78 is 60.4. The number of ether oxygens (including phenoxy) is 2. The Labute approximate surface area is 226 Å².